The van der Waals surface area contributed by atoms with Crippen LogP contribution >= 0.6 is 27.5 Å². The minimum atomic E-state index is -3.33. The number of hydrogen-bond donors (Lipinski definition) is 2. The summed E-state index contributed by atoms with van der Waals surface area (Å²) < 4.78 is 25.8. The summed E-state index contributed by atoms with van der Waals surface area (Å²) in [6.07, 6.45) is 0. The molecule has 0 atom stereocenters. The van der Waals surface area contributed by atoms with Crippen LogP contribution < -0.4 is 10.0 Å². The molecule has 8 heteroatoms. The van der Waals surface area contributed by atoms with Gasteiger partial charge in [-0.1, -0.05) is 34.5 Å². The Kier molecular flexibility index (Phi) is 6.25. The van der Waals surface area contributed by atoms with Gasteiger partial charge in [-0.25, -0.2) is 13.1 Å². The minimum Gasteiger partial charge on any atom is -0.351 e. The lowest BCUT2D eigenvalue weighted by molar-refractivity contribution is 0.0956. The van der Waals surface area contributed by atoms with Gasteiger partial charge in [0.15, 0.2) is 0 Å². The Morgan fingerprint density at radius 1 is 1.37 bits per heavy atom. The number of benzene rings is 1. The van der Waals surface area contributed by atoms with E-state index in [1.54, 1.807) is 19.1 Å². The molecule has 0 aliphatic rings. The molecular formula is C11H14BrClN2O3S. The van der Waals surface area contributed by atoms with Crippen molar-refractivity contribution in [3.05, 3.63) is 33.3 Å². The van der Waals surface area contributed by atoms with Gasteiger partial charge in [0.25, 0.3) is 5.91 Å². The summed E-state index contributed by atoms with van der Waals surface area (Å²) in [6, 6.07) is 4.79. The van der Waals surface area contributed by atoms with E-state index in [4.69, 9.17) is 11.6 Å². The van der Waals surface area contributed by atoms with E-state index < -0.39 is 10.0 Å². The van der Waals surface area contributed by atoms with Gasteiger partial charge in [0.1, 0.15) is 0 Å². The molecule has 2 N–H and O–H groups in total. The lowest BCUT2D eigenvalue weighted by Gasteiger charge is -2.07. The molecule has 0 saturated carbocycles. The SMILES string of the molecule is CCNS(=O)(=O)CCNC(=O)c1cc(Cl)cc(Br)c1. The van der Waals surface area contributed by atoms with Gasteiger partial charge in [0, 0.05) is 28.1 Å². The Balaban J connectivity index is 2.57. The van der Waals surface area contributed by atoms with Crippen molar-refractivity contribution >= 4 is 43.5 Å². The number of rotatable bonds is 6. The molecular weight excluding hydrogens is 356 g/mol. The molecule has 0 heterocycles. The Morgan fingerprint density at radius 3 is 2.63 bits per heavy atom. The Bertz CT molecular complexity index is 543. The van der Waals surface area contributed by atoms with Crippen molar-refractivity contribution in [3.63, 3.8) is 0 Å². The van der Waals surface area contributed by atoms with E-state index in [0.717, 1.165) is 0 Å². The van der Waals surface area contributed by atoms with Gasteiger partial charge in [-0.15, -0.1) is 0 Å². The Hall–Kier alpha value is -0.630. The second-order valence-electron chi connectivity index (χ2n) is 3.73. The average molecular weight is 370 g/mol. The van der Waals surface area contributed by atoms with Crippen LogP contribution in [0.15, 0.2) is 22.7 Å². The second-order valence-corrected chi connectivity index (χ2v) is 7.01. The highest BCUT2D eigenvalue weighted by Crippen LogP contribution is 2.19. The fraction of sp³-hybridized carbons (Fsp3) is 0.364. The highest BCUT2D eigenvalue weighted by Gasteiger charge is 2.11. The molecule has 19 heavy (non-hydrogen) atoms. The third kappa shape index (κ3) is 5.90. The zero-order valence-electron chi connectivity index (χ0n) is 10.2. The number of nitrogens with one attached hydrogen (secondary N) is 2. The first-order valence-corrected chi connectivity index (χ1v) is 8.38. The molecule has 1 aromatic carbocycles. The number of sulfonamides is 1. The molecule has 5 nitrogen and oxygen atoms in total. The maximum atomic E-state index is 11.8. The fourth-order valence-electron chi connectivity index (χ4n) is 1.38. The van der Waals surface area contributed by atoms with Crippen LogP contribution in [0.3, 0.4) is 0 Å². The minimum absolute atomic E-state index is 0.0400. The van der Waals surface area contributed by atoms with Gasteiger partial charge in [-0.2, -0.15) is 0 Å². The van der Waals surface area contributed by atoms with E-state index in [9.17, 15) is 13.2 Å². The van der Waals surface area contributed by atoms with Crippen molar-refractivity contribution in [2.24, 2.45) is 0 Å². The molecule has 0 aromatic heterocycles. The van der Waals surface area contributed by atoms with Gasteiger partial charge >= 0.3 is 0 Å². The maximum absolute atomic E-state index is 11.8. The third-order valence-corrected chi connectivity index (χ3v) is 4.29. The summed E-state index contributed by atoms with van der Waals surface area (Å²) in [5.74, 6) is -0.524. The predicted octanol–water partition coefficient (Wildman–Crippen LogP) is 1.77. The highest BCUT2D eigenvalue weighted by molar-refractivity contribution is 9.10. The zero-order valence-corrected chi connectivity index (χ0v) is 13.4. The molecule has 0 bridgehead atoms. The topological polar surface area (TPSA) is 75.3 Å². The molecule has 0 fully saturated rings. The van der Waals surface area contributed by atoms with Gasteiger partial charge in [-0.05, 0) is 18.2 Å². The largest absolute Gasteiger partial charge is 0.351 e. The zero-order chi connectivity index (χ0) is 14.5. The van der Waals surface area contributed by atoms with Crippen LogP contribution in [-0.4, -0.2) is 33.2 Å². The first kappa shape index (κ1) is 16.4. The van der Waals surface area contributed by atoms with Crippen molar-refractivity contribution < 1.29 is 13.2 Å². The van der Waals surface area contributed by atoms with E-state index in [1.165, 1.54) is 6.07 Å². The molecule has 0 aliphatic heterocycles. The second kappa shape index (κ2) is 7.23. The van der Waals surface area contributed by atoms with Crippen molar-refractivity contribution in [1.29, 1.82) is 0 Å². The highest BCUT2D eigenvalue weighted by atomic mass is 79.9. The smallest absolute Gasteiger partial charge is 0.251 e. The van der Waals surface area contributed by atoms with Crippen LogP contribution in [0.5, 0.6) is 0 Å². The van der Waals surface area contributed by atoms with Crippen molar-refractivity contribution in [1.82, 2.24) is 10.0 Å². The summed E-state index contributed by atoms with van der Waals surface area (Å²) in [7, 11) is -3.33. The number of carbonyl (C=O) groups is 1. The van der Waals surface area contributed by atoms with Crippen molar-refractivity contribution in [2.45, 2.75) is 6.92 Å². The Labute approximate surface area is 125 Å². The van der Waals surface area contributed by atoms with Crippen molar-refractivity contribution in [3.8, 4) is 0 Å². The van der Waals surface area contributed by atoms with Gasteiger partial charge < -0.3 is 5.32 Å². The number of hydrogen-bond acceptors (Lipinski definition) is 3. The fourth-order valence-corrected chi connectivity index (χ4v) is 3.19. The molecule has 1 amide bonds. The first-order valence-electron chi connectivity index (χ1n) is 5.55. The van der Waals surface area contributed by atoms with Gasteiger partial charge in [0.2, 0.25) is 10.0 Å². The normalized spacial score (nSPS) is 11.3. The van der Waals surface area contributed by atoms with E-state index >= 15 is 0 Å². The van der Waals surface area contributed by atoms with Crippen LogP contribution in [0.2, 0.25) is 5.02 Å². The summed E-state index contributed by atoms with van der Waals surface area (Å²) >= 11 is 9.06. The maximum Gasteiger partial charge on any atom is 0.251 e. The lowest BCUT2D eigenvalue weighted by Crippen LogP contribution is -2.34. The first-order chi connectivity index (χ1) is 8.84. The van der Waals surface area contributed by atoms with E-state index in [2.05, 4.69) is 26.0 Å². The molecule has 106 valence electrons. The third-order valence-electron chi connectivity index (χ3n) is 2.15. The van der Waals surface area contributed by atoms with Gasteiger partial charge in [-0.3, -0.25) is 4.79 Å². The standard InChI is InChI=1S/C11H14BrClN2O3S/c1-2-15-19(17,18)4-3-14-11(16)8-5-9(12)7-10(13)6-8/h5-7,15H,2-4H2,1H3,(H,14,16). The summed E-state index contributed by atoms with van der Waals surface area (Å²) in [5.41, 5.74) is 0.375. The number of amides is 1. The summed E-state index contributed by atoms with van der Waals surface area (Å²) in [6.45, 7) is 2.06. The number of carbonyl (C=O) groups excluding carboxylic acids is 1. The van der Waals surface area contributed by atoms with E-state index in [0.29, 0.717) is 21.6 Å². The number of halogens is 2. The summed E-state index contributed by atoms with van der Waals surface area (Å²) in [4.78, 5) is 11.8. The monoisotopic (exact) mass is 368 g/mol. The quantitative estimate of drug-likeness (QED) is 0.802. The predicted molar refractivity (Wildman–Crippen MR) is 78.9 cm³/mol. The van der Waals surface area contributed by atoms with Crippen LogP contribution in [0.4, 0.5) is 0 Å². The van der Waals surface area contributed by atoms with Crippen molar-refractivity contribution in [2.75, 3.05) is 18.8 Å². The average Bonchev–Trinajstić information content (AvgIpc) is 2.27. The van der Waals surface area contributed by atoms with Gasteiger partial charge in [0.05, 0.1) is 5.75 Å². The molecule has 0 aliphatic carbocycles. The molecule has 1 rings (SSSR count). The van der Waals surface area contributed by atoms with E-state index in [1.807, 2.05) is 0 Å². The molecule has 0 radical (unpaired) electrons. The summed E-state index contributed by atoms with van der Waals surface area (Å²) in [5, 5.41) is 2.96. The van der Waals surface area contributed by atoms with Crippen LogP contribution in [0.25, 0.3) is 0 Å². The lowest BCUT2D eigenvalue weighted by atomic mass is 10.2. The molecule has 0 spiro atoms. The Morgan fingerprint density at radius 2 is 2.05 bits per heavy atom. The van der Waals surface area contributed by atoms with Crippen LogP contribution in [0, 0.1) is 0 Å². The molecule has 0 unspecified atom stereocenters. The molecule has 0 saturated heterocycles. The molecule has 1 aromatic rings. The van der Waals surface area contributed by atoms with E-state index in [-0.39, 0.29) is 18.2 Å². The van der Waals surface area contributed by atoms with Crippen LogP contribution in [0.1, 0.15) is 17.3 Å². The van der Waals surface area contributed by atoms with Crippen LogP contribution in [-0.2, 0) is 10.0 Å².